The van der Waals surface area contributed by atoms with Crippen molar-refractivity contribution < 1.29 is 0 Å². The number of hydrogen-bond donors (Lipinski definition) is 1. The van der Waals surface area contributed by atoms with Crippen LogP contribution in [0.15, 0.2) is 231 Å². The van der Waals surface area contributed by atoms with Crippen LogP contribution in [0.5, 0.6) is 0 Å². The number of nitrogens with zero attached hydrogens (tertiary/aromatic N) is 1. The molecule has 3 heterocycles. The number of benzene rings is 9. The zero-order valence-electron chi connectivity index (χ0n) is 34.3. The van der Waals surface area contributed by atoms with Crippen LogP contribution in [-0.4, -0.2) is 0 Å². The Bertz CT molecular complexity index is 3440. The van der Waals surface area contributed by atoms with E-state index in [-0.39, 0.29) is 6.17 Å². The molecule has 298 valence electrons. The molecule has 63 heavy (non-hydrogen) atoms. The van der Waals surface area contributed by atoms with Crippen LogP contribution < -0.4 is 10.2 Å². The second kappa shape index (κ2) is 15.8. The van der Waals surface area contributed by atoms with Gasteiger partial charge >= 0.3 is 0 Å². The molecule has 1 aliphatic heterocycles. The molecule has 0 fully saturated rings. The van der Waals surface area contributed by atoms with Crippen LogP contribution in [0, 0.1) is 0 Å². The van der Waals surface area contributed by atoms with Gasteiger partial charge in [0.15, 0.2) is 0 Å². The largest absolute Gasteiger partial charge is 0.359 e. The third-order valence-corrected chi connectivity index (χ3v) is 14.8. The Kier molecular flexibility index (Phi) is 9.32. The third kappa shape index (κ3) is 6.54. The summed E-state index contributed by atoms with van der Waals surface area (Å²) < 4.78 is 0. The van der Waals surface area contributed by atoms with E-state index in [0.717, 1.165) is 5.69 Å². The first-order chi connectivity index (χ1) is 31.3. The first-order valence-electron chi connectivity index (χ1n) is 21.5. The number of hydrogen-bond acceptors (Lipinski definition) is 4. The molecule has 1 atom stereocenters. The van der Waals surface area contributed by atoms with Crippen molar-refractivity contribution in [3.8, 4) is 64.7 Å². The molecule has 12 rings (SSSR count). The average Bonchev–Trinajstić information content (AvgIpc) is 4.14. The lowest BCUT2D eigenvalue weighted by atomic mass is 9.82. The molecule has 1 aliphatic rings. The molecule has 0 spiro atoms. The maximum atomic E-state index is 3.83. The lowest BCUT2D eigenvalue weighted by Gasteiger charge is -2.26. The molecule has 9 aromatic carbocycles. The highest BCUT2D eigenvalue weighted by molar-refractivity contribution is 7.24. The second-order valence-corrected chi connectivity index (χ2v) is 18.2. The number of rotatable bonds is 8. The van der Waals surface area contributed by atoms with Crippen LogP contribution in [0.1, 0.15) is 11.0 Å². The van der Waals surface area contributed by atoms with E-state index in [1.165, 1.54) is 102 Å². The van der Waals surface area contributed by atoms with Crippen molar-refractivity contribution in [2.24, 2.45) is 0 Å². The van der Waals surface area contributed by atoms with Crippen molar-refractivity contribution in [3.63, 3.8) is 0 Å². The maximum Gasteiger partial charge on any atom is 0.139 e. The number of anilines is 3. The first-order valence-corrected chi connectivity index (χ1v) is 23.1. The molecule has 2 aromatic heterocycles. The van der Waals surface area contributed by atoms with Gasteiger partial charge in [-0.25, -0.2) is 0 Å². The fourth-order valence-corrected chi connectivity index (χ4v) is 11.7. The summed E-state index contributed by atoms with van der Waals surface area (Å²) in [5.74, 6) is 0. The Morgan fingerprint density at radius 3 is 1.51 bits per heavy atom. The number of nitrogens with one attached hydrogen (secondary N) is 1. The summed E-state index contributed by atoms with van der Waals surface area (Å²) in [5.41, 5.74) is 14.6. The van der Waals surface area contributed by atoms with Crippen molar-refractivity contribution in [1.82, 2.24) is 0 Å². The summed E-state index contributed by atoms with van der Waals surface area (Å²) in [5, 5.41) is 8.80. The quantitative estimate of drug-likeness (QED) is 0.153. The van der Waals surface area contributed by atoms with Gasteiger partial charge in [-0.1, -0.05) is 176 Å². The lowest BCUT2D eigenvalue weighted by molar-refractivity contribution is 0.847. The molecule has 0 saturated heterocycles. The smallest absolute Gasteiger partial charge is 0.139 e. The fourth-order valence-electron chi connectivity index (χ4n) is 9.54. The SMILES string of the molecule is c1ccc(-c2ccccc2-c2c3ccccc3c(-c3ccccc3-c3ccccc3)c3cc(-c4ccc(-c5ccc(C6Nc7ccccc7N6c6ccccc6)s5)s4)ccc23)cc1. The van der Waals surface area contributed by atoms with Crippen molar-refractivity contribution >= 4 is 61.3 Å². The van der Waals surface area contributed by atoms with Gasteiger partial charge in [-0.05, 0) is 126 Å². The van der Waals surface area contributed by atoms with E-state index in [2.05, 4.69) is 241 Å². The van der Waals surface area contributed by atoms with Gasteiger partial charge in [-0.2, -0.15) is 0 Å². The fraction of sp³-hybridized carbons (Fsp3) is 0.0169. The zero-order chi connectivity index (χ0) is 41.7. The van der Waals surface area contributed by atoms with E-state index in [4.69, 9.17) is 0 Å². The first kappa shape index (κ1) is 37.3. The number of thiophene rings is 2. The van der Waals surface area contributed by atoms with Gasteiger partial charge in [0.1, 0.15) is 6.17 Å². The van der Waals surface area contributed by atoms with Gasteiger partial charge in [-0.3, -0.25) is 0 Å². The summed E-state index contributed by atoms with van der Waals surface area (Å²) in [6, 6.07) is 84.2. The van der Waals surface area contributed by atoms with Gasteiger partial charge in [-0.15, -0.1) is 22.7 Å². The van der Waals surface area contributed by atoms with Crippen LogP contribution in [0.3, 0.4) is 0 Å². The molecule has 11 aromatic rings. The standard InChI is InChI=1S/C59H40N2S2/c1-4-18-39(19-5-1)43-24-10-12-26-45(43)57-47-28-14-15-29-48(47)58(46-27-13-11-25-44(46)40-20-6-2-7-21-40)50-38-41(32-33-49(50)57)53-34-35-54(62-53)55-36-37-56(63-55)59-60-51-30-16-17-31-52(51)61(59)42-22-8-3-9-23-42/h1-38,59-60H. The molecular weight excluding hydrogens is 801 g/mol. The minimum Gasteiger partial charge on any atom is -0.359 e. The predicted octanol–water partition coefficient (Wildman–Crippen LogP) is 17.4. The highest BCUT2D eigenvalue weighted by Crippen LogP contribution is 2.51. The van der Waals surface area contributed by atoms with E-state index in [1.807, 2.05) is 22.7 Å². The van der Waals surface area contributed by atoms with E-state index in [1.54, 1.807) is 0 Å². The van der Waals surface area contributed by atoms with E-state index in [9.17, 15) is 0 Å². The van der Waals surface area contributed by atoms with E-state index < -0.39 is 0 Å². The van der Waals surface area contributed by atoms with Crippen molar-refractivity contribution in [2.45, 2.75) is 6.17 Å². The minimum atomic E-state index is 0.0108. The van der Waals surface area contributed by atoms with E-state index in [0.29, 0.717) is 0 Å². The van der Waals surface area contributed by atoms with Crippen LogP contribution in [-0.2, 0) is 0 Å². The van der Waals surface area contributed by atoms with E-state index >= 15 is 0 Å². The number of para-hydroxylation sites is 3. The summed E-state index contributed by atoms with van der Waals surface area (Å²) >= 11 is 3.74. The molecule has 0 radical (unpaired) electrons. The molecule has 0 saturated carbocycles. The average molecular weight is 841 g/mol. The molecule has 1 N–H and O–H groups in total. The number of fused-ring (bicyclic) bond motifs is 3. The van der Waals surface area contributed by atoms with Gasteiger partial charge in [0.05, 0.1) is 11.4 Å². The lowest BCUT2D eigenvalue weighted by Crippen LogP contribution is -2.22. The summed E-state index contributed by atoms with van der Waals surface area (Å²) in [7, 11) is 0. The van der Waals surface area contributed by atoms with Crippen molar-refractivity contribution in [2.75, 3.05) is 10.2 Å². The summed E-state index contributed by atoms with van der Waals surface area (Å²) in [4.78, 5) is 7.50. The molecule has 1 unspecified atom stereocenters. The normalized spacial score (nSPS) is 13.3. The summed E-state index contributed by atoms with van der Waals surface area (Å²) in [6.45, 7) is 0. The third-order valence-electron chi connectivity index (χ3n) is 12.4. The molecule has 0 amide bonds. The highest BCUT2D eigenvalue weighted by atomic mass is 32.1. The van der Waals surface area contributed by atoms with Gasteiger partial charge in [0.25, 0.3) is 0 Å². The Morgan fingerprint density at radius 2 is 0.841 bits per heavy atom. The Hall–Kier alpha value is -7.50. The van der Waals surface area contributed by atoms with Gasteiger partial charge in [0, 0.05) is 25.2 Å². The van der Waals surface area contributed by atoms with Crippen LogP contribution in [0.2, 0.25) is 0 Å². The molecule has 0 bridgehead atoms. The Labute approximate surface area is 375 Å². The summed E-state index contributed by atoms with van der Waals surface area (Å²) in [6.07, 6.45) is 0.0108. The van der Waals surface area contributed by atoms with Crippen LogP contribution in [0.4, 0.5) is 17.1 Å². The molecular formula is C59H40N2S2. The van der Waals surface area contributed by atoms with Gasteiger partial charge in [0.2, 0.25) is 0 Å². The monoisotopic (exact) mass is 840 g/mol. The Balaban J connectivity index is 1.02. The predicted molar refractivity (Wildman–Crippen MR) is 271 cm³/mol. The Morgan fingerprint density at radius 1 is 0.349 bits per heavy atom. The highest BCUT2D eigenvalue weighted by Gasteiger charge is 2.32. The van der Waals surface area contributed by atoms with Crippen LogP contribution >= 0.6 is 22.7 Å². The zero-order valence-corrected chi connectivity index (χ0v) is 35.9. The second-order valence-electron chi connectivity index (χ2n) is 16.0. The van der Waals surface area contributed by atoms with Crippen molar-refractivity contribution in [3.05, 3.63) is 235 Å². The topological polar surface area (TPSA) is 15.3 Å². The molecule has 2 nitrogen and oxygen atoms in total. The minimum absolute atomic E-state index is 0.0108. The van der Waals surface area contributed by atoms with Crippen molar-refractivity contribution in [1.29, 1.82) is 0 Å². The maximum absolute atomic E-state index is 3.83. The van der Waals surface area contributed by atoms with Crippen LogP contribution in [0.25, 0.3) is 86.2 Å². The van der Waals surface area contributed by atoms with Gasteiger partial charge < -0.3 is 10.2 Å². The molecule has 0 aliphatic carbocycles. The molecule has 4 heteroatoms.